The van der Waals surface area contributed by atoms with Crippen LogP contribution >= 0.6 is 0 Å². The molecule has 5 rings (SSSR count). The maximum absolute atomic E-state index is 14.4. The van der Waals surface area contributed by atoms with Crippen LogP contribution in [0.25, 0.3) is 0 Å². The van der Waals surface area contributed by atoms with Crippen LogP contribution in [0.2, 0.25) is 0 Å². The van der Waals surface area contributed by atoms with Crippen molar-refractivity contribution >= 4 is 40.6 Å². The van der Waals surface area contributed by atoms with Gasteiger partial charge in [-0.05, 0) is 42.5 Å². The van der Waals surface area contributed by atoms with Crippen molar-refractivity contribution < 1.29 is 23.8 Å². The van der Waals surface area contributed by atoms with Crippen molar-refractivity contribution in [2.24, 2.45) is 5.73 Å². The summed E-state index contributed by atoms with van der Waals surface area (Å²) in [6.07, 6.45) is -0.473. The van der Waals surface area contributed by atoms with Gasteiger partial charge in [-0.3, -0.25) is 14.5 Å². The summed E-state index contributed by atoms with van der Waals surface area (Å²) in [7, 11) is 0. The fourth-order valence-electron chi connectivity index (χ4n) is 3.61. The lowest BCUT2D eigenvalue weighted by Gasteiger charge is -2.27. The minimum absolute atomic E-state index is 0.0980. The molecule has 0 radical (unpaired) electrons. The number of fused-ring (bicyclic) bond motifs is 4. The highest BCUT2D eigenvalue weighted by molar-refractivity contribution is 6.03. The smallest absolute Gasteiger partial charge is 0.270 e. The number of nitrogens with one attached hydrogen (secondary N) is 2. The van der Waals surface area contributed by atoms with Crippen LogP contribution in [0.5, 0.6) is 5.75 Å². The molecule has 5 N–H and O–H groups in total. The van der Waals surface area contributed by atoms with E-state index in [0.717, 1.165) is 6.20 Å². The number of anilines is 5. The summed E-state index contributed by atoms with van der Waals surface area (Å²) in [5.74, 6) is -1.07. The largest absolute Gasteiger partial charge is 0.478 e. The summed E-state index contributed by atoms with van der Waals surface area (Å²) >= 11 is 0. The molecule has 0 spiro atoms. The molecule has 2 bridgehead atoms. The number of aliphatic hydroxyl groups excluding tert-OH is 1. The third kappa shape index (κ3) is 3.44. The first-order valence-corrected chi connectivity index (χ1v) is 9.67. The fourth-order valence-corrected chi connectivity index (χ4v) is 3.61. The number of aromatic nitrogens is 2. The van der Waals surface area contributed by atoms with Crippen LogP contribution in [0.3, 0.4) is 0 Å². The Morgan fingerprint density at radius 1 is 1.19 bits per heavy atom. The lowest BCUT2D eigenvalue weighted by molar-refractivity contribution is -0.123. The molecule has 3 heterocycles. The zero-order valence-corrected chi connectivity index (χ0v) is 16.4. The minimum atomic E-state index is -0.975. The molecule has 2 aliphatic heterocycles. The second-order valence-electron chi connectivity index (χ2n) is 7.30. The van der Waals surface area contributed by atoms with E-state index in [1.54, 1.807) is 42.5 Å². The molecule has 3 aromatic rings. The predicted molar refractivity (Wildman–Crippen MR) is 112 cm³/mol. The van der Waals surface area contributed by atoms with Crippen molar-refractivity contribution in [1.29, 1.82) is 0 Å². The summed E-state index contributed by atoms with van der Waals surface area (Å²) in [6, 6.07) is 11.2. The topological polar surface area (TPSA) is 143 Å². The summed E-state index contributed by atoms with van der Waals surface area (Å²) in [4.78, 5) is 32.8. The molecule has 1 fully saturated rings. The summed E-state index contributed by atoms with van der Waals surface area (Å²) in [5.41, 5.74) is 6.98. The number of benzene rings is 2. The maximum atomic E-state index is 14.4. The molecule has 2 atom stereocenters. The average Bonchev–Trinajstić information content (AvgIpc) is 2.95. The van der Waals surface area contributed by atoms with E-state index in [1.807, 2.05) is 0 Å². The predicted octanol–water partition coefficient (Wildman–Crippen LogP) is 2.02. The van der Waals surface area contributed by atoms with Gasteiger partial charge in [0.25, 0.3) is 5.91 Å². The molecular weight excluding hydrogens is 419 g/mol. The van der Waals surface area contributed by atoms with Gasteiger partial charge in [0.05, 0.1) is 11.9 Å². The zero-order chi connectivity index (χ0) is 22.4. The quantitative estimate of drug-likeness (QED) is 0.476. The number of hydrogen-bond acceptors (Lipinski definition) is 8. The summed E-state index contributed by atoms with van der Waals surface area (Å²) < 4.78 is 20.0. The number of aliphatic hydroxyl groups is 1. The molecule has 1 saturated heterocycles. The van der Waals surface area contributed by atoms with E-state index in [2.05, 4.69) is 20.6 Å². The van der Waals surface area contributed by atoms with E-state index < -0.39 is 24.1 Å². The number of halogens is 1. The highest BCUT2D eigenvalue weighted by Gasteiger charge is 2.46. The number of carbonyl (C=O) groups is 2. The van der Waals surface area contributed by atoms with Crippen molar-refractivity contribution in [2.45, 2.75) is 18.8 Å². The molecule has 0 saturated carbocycles. The Labute approximate surface area is 180 Å². The van der Waals surface area contributed by atoms with E-state index in [4.69, 9.17) is 10.5 Å². The minimum Gasteiger partial charge on any atom is -0.478 e. The van der Waals surface area contributed by atoms with E-state index in [9.17, 15) is 19.1 Å². The van der Waals surface area contributed by atoms with Gasteiger partial charge in [-0.1, -0.05) is 0 Å². The Bertz CT molecular complexity index is 1240. The Morgan fingerprint density at radius 2 is 1.94 bits per heavy atom. The van der Waals surface area contributed by atoms with E-state index >= 15 is 0 Å². The summed E-state index contributed by atoms with van der Waals surface area (Å²) in [6.45, 7) is 0. The number of primary amides is 1. The van der Waals surface area contributed by atoms with Gasteiger partial charge in [0.15, 0.2) is 17.7 Å². The van der Waals surface area contributed by atoms with Gasteiger partial charge in [0, 0.05) is 23.4 Å². The Morgan fingerprint density at radius 3 is 2.69 bits per heavy atom. The van der Waals surface area contributed by atoms with Crippen molar-refractivity contribution in [3.05, 3.63) is 60.0 Å². The molecule has 2 unspecified atom stereocenters. The van der Waals surface area contributed by atoms with Crippen LogP contribution < -0.4 is 26.0 Å². The van der Waals surface area contributed by atoms with Crippen LogP contribution in [0.4, 0.5) is 33.2 Å². The maximum Gasteiger partial charge on any atom is 0.270 e. The number of ether oxygens (including phenoxy) is 1. The number of nitrogens with two attached hydrogens (primary N) is 1. The standard InChI is InChI=1S/C21H17FN6O4/c22-13-9-24-21(26-11-3-1-10(2-4-11)18(23)30)27-19(13)25-12-5-6-15-14(7-12)28-17(29)8-16(32-15)20(28)31/h1-7,9,16-17,29H,8H2,(H2,23,30)(H2,24,25,26,27). The van der Waals surface area contributed by atoms with Crippen molar-refractivity contribution in [1.82, 2.24) is 9.97 Å². The third-order valence-corrected chi connectivity index (χ3v) is 5.16. The molecule has 2 aromatic carbocycles. The van der Waals surface area contributed by atoms with Crippen LogP contribution in [0.1, 0.15) is 16.8 Å². The van der Waals surface area contributed by atoms with Crippen LogP contribution in [0, 0.1) is 5.82 Å². The Balaban J connectivity index is 1.38. The molecule has 2 amide bonds. The van der Waals surface area contributed by atoms with Gasteiger partial charge in [0.1, 0.15) is 12.0 Å². The normalized spacial score (nSPS) is 18.7. The molecule has 32 heavy (non-hydrogen) atoms. The van der Waals surface area contributed by atoms with E-state index in [-0.39, 0.29) is 24.1 Å². The first-order valence-electron chi connectivity index (χ1n) is 9.67. The van der Waals surface area contributed by atoms with Crippen molar-refractivity contribution in [2.75, 3.05) is 15.5 Å². The van der Waals surface area contributed by atoms with Gasteiger partial charge >= 0.3 is 0 Å². The van der Waals surface area contributed by atoms with E-state index in [0.29, 0.717) is 28.4 Å². The highest BCUT2D eigenvalue weighted by Crippen LogP contribution is 2.42. The molecule has 162 valence electrons. The second-order valence-corrected chi connectivity index (χ2v) is 7.30. The fraction of sp³-hybridized carbons (Fsp3) is 0.143. The van der Waals surface area contributed by atoms with E-state index in [1.165, 1.54) is 4.90 Å². The lowest BCUT2D eigenvalue weighted by Crippen LogP contribution is -2.39. The number of hydrogen-bond donors (Lipinski definition) is 4. The lowest BCUT2D eigenvalue weighted by atomic mass is 10.2. The second kappa shape index (κ2) is 7.46. The summed E-state index contributed by atoms with van der Waals surface area (Å²) in [5, 5.41) is 15.9. The Kier molecular flexibility index (Phi) is 4.59. The molecule has 0 aliphatic carbocycles. The van der Waals surface area contributed by atoms with Gasteiger partial charge < -0.3 is 26.2 Å². The molecule has 1 aromatic heterocycles. The zero-order valence-electron chi connectivity index (χ0n) is 16.4. The van der Waals surface area contributed by atoms with Gasteiger partial charge in [-0.15, -0.1) is 0 Å². The average molecular weight is 436 g/mol. The van der Waals surface area contributed by atoms with Crippen molar-refractivity contribution in [3.8, 4) is 5.75 Å². The number of rotatable bonds is 5. The molecule has 11 heteroatoms. The monoisotopic (exact) mass is 436 g/mol. The van der Waals surface area contributed by atoms with Crippen LogP contribution in [0.15, 0.2) is 48.7 Å². The Hall–Kier alpha value is -4.25. The first-order chi connectivity index (χ1) is 15.4. The number of amides is 2. The first kappa shape index (κ1) is 19.7. The number of carbonyl (C=O) groups excluding carboxylic acids is 2. The van der Waals surface area contributed by atoms with Gasteiger partial charge in [0.2, 0.25) is 11.9 Å². The molecule has 10 nitrogen and oxygen atoms in total. The van der Waals surface area contributed by atoms with Gasteiger partial charge in [-0.2, -0.15) is 4.98 Å². The molecular formula is C21H17FN6O4. The molecule has 2 aliphatic rings. The number of nitrogens with zero attached hydrogens (tertiary/aromatic N) is 3. The van der Waals surface area contributed by atoms with Crippen molar-refractivity contribution in [3.63, 3.8) is 0 Å². The van der Waals surface area contributed by atoms with Crippen LogP contribution in [-0.4, -0.2) is 39.2 Å². The highest BCUT2D eigenvalue weighted by atomic mass is 19.1. The van der Waals surface area contributed by atoms with Gasteiger partial charge in [-0.25, -0.2) is 9.37 Å². The SMILES string of the molecule is NC(=O)c1ccc(Nc2ncc(F)c(Nc3ccc4c(c3)N3C(=O)C(CC3O)O4)n2)cc1. The van der Waals surface area contributed by atoms with Crippen LogP contribution in [-0.2, 0) is 4.79 Å². The third-order valence-electron chi connectivity index (χ3n) is 5.16.